The van der Waals surface area contributed by atoms with Crippen molar-refractivity contribution in [3.05, 3.63) is 54.6 Å². The second-order valence-electron chi connectivity index (χ2n) is 4.66. The van der Waals surface area contributed by atoms with Gasteiger partial charge in [-0.2, -0.15) is 0 Å². The van der Waals surface area contributed by atoms with Crippen molar-refractivity contribution in [1.82, 2.24) is 4.72 Å². The average molecular weight is 305 g/mol. The standard InChI is InChI=1S/C15H15NO4S/c17-21(18,13-6-2-1-3-7-13)16-10-12-11-19-14-8-4-5-9-15(14)20-12/h1-9,12,16H,10-11H2/t12-/m1/s1. The molecule has 0 aliphatic carbocycles. The van der Waals surface area contributed by atoms with Crippen LogP contribution in [0, 0.1) is 0 Å². The van der Waals surface area contributed by atoms with E-state index >= 15 is 0 Å². The van der Waals surface area contributed by atoms with Crippen molar-refractivity contribution in [3.8, 4) is 11.5 Å². The molecule has 0 unspecified atom stereocenters. The van der Waals surface area contributed by atoms with E-state index in [1.807, 2.05) is 18.2 Å². The van der Waals surface area contributed by atoms with Crippen molar-refractivity contribution in [3.63, 3.8) is 0 Å². The van der Waals surface area contributed by atoms with Gasteiger partial charge in [0.1, 0.15) is 12.7 Å². The van der Waals surface area contributed by atoms with Crippen molar-refractivity contribution >= 4 is 10.0 Å². The van der Waals surface area contributed by atoms with Crippen molar-refractivity contribution in [2.45, 2.75) is 11.0 Å². The molecule has 0 aromatic heterocycles. The Kier molecular flexibility index (Phi) is 3.81. The van der Waals surface area contributed by atoms with E-state index in [0.717, 1.165) is 0 Å². The maximum absolute atomic E-state index is 12.1. The van der Waals surface area contributed by atoms with Gasteiger partial charge in [-0.05, 0) is 24.3 Å². The minimum absolute atomic E-state index is 0.158. The lowest BCUT2D eigenvalue weighted by atomic mass is 10.2. The highest BCUT2D eigenvalue weighted by atomic mass is 32.2. The highest BCUT2D eigenvalue weighted by molar-refractivity contribution is 7.89. The first kappa shape index (κ1) is 13.9. The minimum atomic E-state index is -3.52. The predicted molar refractivity (Wildman–Crippen MR) is 78.0 cm³/mol. The van der Waals surface area contributed by atoms with Gasteiger partial charge in [0.15, 0.2) is 11.5 Å². The number of rotatable bonds is 4. The van der Waals surface area contributed by atoms with E-state index in [-0.39, 0.29) is 17.5 Å². The number of fused-ring (bicyclic) bond motifs is 1. The molecule has 1 aliphatic rings. The summed E-state index contributed by atoms with van der Waals surface area (Å²) < 4.78 is 38.0. The Morgan fingerprint density at radius 3 is 2.43 bits per heavy atom. The molecule has 0 bridgehead atoms. The molecule has 3 rings (SSSR count). The Morgan fingerprint density at radius 1 is 1.00 bits per heavy atom. The molecule has 0 saturated heterocycles. The smallest absolute Gasteiger partial charge is 0.240 e. The van der Waals surface area contributed by atoms with Crippen LogP contribution < -0.4 is 14.2 Å². The quantitative estimate of drug-likeness (QED) is 0.935. The zero-order valence-electron chi connectivity index (χ0n) is 11.2. The third kappa shape index (κ3) is 3.17. The van der Waals surface area contributed by atoms with Crippen molar-refractivity contribution in [2.75, 3.05) is 13.2 Å². The molecule has 1 N–H and O–H groups in total. The molecule has 2 aromatic carbocycles. The highest BCUT2D eigenvalue weighted by Gasteiger charge is 2.23. The lowest BCUT2D eigenvalue weighted by Crippen LogP contribution is -2.40. The van der Waals surface area contributed by atoms with Crippen LogP contribution in [0.1, 0.15) is 0 Å². The largest absolute Gasteiger partial charge is 0.486 e. The maximum Gasteiger partial charge on any atom is 0.240 e. The fourth-order valence-corrected chi connectivity index (χ4v) is 3.14. The van der Waals surface area contributed by atoms with Gasteiger partial charge in [0.2, 0.25) is 10.0 Å². The Labute approximate surface area is 123 Å². The van der Waals surface area contributed by atoms with E-state index in [9.17, 15) is 8.42 Å². The number of sulfonamides is 1. The molecule has 1 heterocycles. The molecular formula is C15H15NO4S. The molecule has 21 heavy (non-hydrogen) atoms. The van der Waals surface area contributed by atoms with Crippen LogP contribution in [0.3, 0.4) is 0 Å². The number of hydrogen-bond acceptors (Lipinski definition) is 4. The fourth-order valence-electron chi connectivity index (χ4n) is 2.05. The molecule has 1 atom stereocenters. The SMILES string of the molecule is O=S(=O)(NC[C@@H]1COc2ccccc2O1)c1ccccc1. The first-order chi connectivity index (χ1) is 10.1. The first-order valence-electron chi connectivity index (χ1n) is 6.58. The molecule has 1 aliphatic heterocycles. The third-order valence-corrected chi connectivity index (χ3v) is 4.56. The second kappa shape index (κ2) is 5.75. The monoisotopic (exact) mass is 305 g/mol. The Hall–Kier alpha value is -2.05. The van der Waals surface area contributed by atoms with Crippen LogP contribution in [-0.4, -0.2) is 27.7 Å². The summed E-state index contributed by atoms with van der Waals surface area (Å²) in [5.41, 5.74) is 0. The van der Waals surface area contributed by atoms with Crippen LogP contribution in [-0.2, 0) is 10.0 Å². The van der Waals surface area contributed by atoms with E-state index in [2.05, 4.69) is 4.72 Å². The summed E-state index contributed by atoms with van der Waals surface area (Å²) in [4.78, 5) is 0.238. The molecule has 5 nitrogen and oxygen atoms in total. The normalized spacial score (nSPS) is 17.4. The van der Waals surface area contributed by atoms with E-state index in [4.69, 9.17) is 9.47 Å². The van der Waals surface area contributed by atoms with Crippen LogP contribution >= 0.6 is 0 Å². The topological polar surface area (TPSA) is 64.6 Å². The van der Waals surface area contributed by atoms with Gasteiger partial charge in [0, 0.05) is 0 Å². The van der Waals surface area contributed by atoms with Crippen LogP contribution in [0.4, 0.5) is 0 Å². The fraction of sp³-hybridized carbons (Fsp3) is 0.200. The summed E-state index contributed by atoms with van der Waals surface area (Å²) in [6, 6.07) is 15.6. The van der Waals surface area contributed by atoms with Crippen LogP contribution in [0.25, 0.3) is 0 Å². The van der Waals surface area contributed by atoms with Crippen LogP contribution in [0.5, 0.6) is 11.5 Å². The zero-order valence-corrected chi connectivity index (χ0v) is 12.0. The predicted octanol–water partition coefficient (Wildman–Crippen LogP) is 1.80. The van der Waals surface area contributed by atoms with Gasteiger partial charge in [-0.15, -0.1) is 0 Å². The number of ether oxygens (including phenoxy) is 2. The molecular weight excluding hydrogens is 290 g/mol. The zero-order chi connectivity index (χ0) is 14.7. The van der Waals surface area contributed by atoms with Crippen LogP contribution in [0.15, 0.2) is 59.5 Å². The molecule has 0 saturated carbocycles. The molecule has 2 aromatic rings. The van der Waals surface area contributed by atoms with E-state index in [1.54, 1.807) is 36.4 Å². The Balaban J connectivity index is 1.64. The molecule has 0 fully saturated rings. The summed E-state index contributed by atoms with van der Waals surface area (Å²) in [7, 11) is -3.52. The van der Waals surface area contributed by atoms with Crippen molar-refractivity contribution in [2.24, 2.45) is 0 Å². The van der Waals surface area contributed by atoms with Crippen LogP contribution in [0.2, 0.25) is 0 Å². The number of benzene rings is 2. The summed E-state index contributed by atoms with van der Waals surface area (Å²) >= 11 is 0. The minimum Gasteiger partial charge on any atom is -0.486 e. The summed E-state index contributed by atoms with van der Waals surface area (Å²) in [6.07, 6.45) is -0.349. The van der Waals surface area contributed by atoms with E-state index < -0.39 is 10.0 Å². The molecule has 6 heteroatoms. The van der Waals surface area contributed by atoms with Gasteiger partial charge in [0.05, 0.1) is 11.4 Å². The highest BCUT2D eigenvalue weighted by Crippen LogP contribution is 2.30. The van der Waals surface area contributed by atoms with Gasteiger partial charge < -0.3 is 9.47 Å². The van der Waals surface area contributed by atoms with E-state index in [0.29, 0.717) is 18.1 Å². The summed E-state index contributed by atoms with van der Waals surface area (Å²) in [5.74, 6) is 1.31. The average Bonchev–Trinajstić information content (AvgIpc) is 2.54. The Bertz CT molecular complexity index is 715. The van der Waals surface area contributed by atoms with Gasteiger partial charge in [-0.3, -0.25) is 0 Å². The van der Waals surface area contributed by atoms with Gasteiger partial charge in [-0.1, -0.05) is 30.3 Å². The number of hydrogen-bond donors (Lipinski definition) is 1. The molecule has 110 valence electrons. The second-order valence-corrected chi connectivity index (χ2v) is 6.43. The summed E-state index contributed by atoms with van der Waals surface area (Å²) in [5, 5.41) is 0. The molecule has 0 amide bonds. The number of nitrogens with one attached hydrogen (secondary N) is 1. The Morgan fingerprint density at radius 2 is 1.67 bits per heavy atom. The van der Waals surface area contributed by atoms with Gasteiger partial charge in [-0.25, -0.2) is 13.1 Å². The maximum atomic E-state index is 12.1. The lowest BCUT2D eigenvalue weighted by Gasteiger charge is -2.26. The van der Waals surface area contributed by atoms with Gasteiger partial charge in [0.25, 0.3) is 0 Å². The molecule has 0 spiro atoms. The summed E-state index contributed by atoms with van der Waals surface area (Å²) in [6.45, 7) is 0.472. The number of para-hydroxylation sites is 2. The van der Waals surface area contributed by atoms with Crippen molar-refractivity contribution < 1.29 is 17.9 Å². The third-order valence-electron chi connectivity index (χ3n) is 3.12. The van der Waals surface area contributed by atoms with E-state index in [1.165, 1.54) is 0 Å². The first-order valence-corrected chi connectivity index (χ1v) is 8.07. The van der Waals surface area contributed by atoms with Gasteiger partial charge >= 0.3 is 0 Å². The molecule has 0 radical (unpaired) electrons. The lowest BCUT2D eigenvalue weighted by molar-refractivity contribution is 0.0943. The van der Waals surface area contributed by atoms with Crippen molar-refractivity contribution in [1.29, 1.82) is 0 Å².